The zero-order chi connectivity index (χ0) is 19.0. The Bertz CT molecular complexity index is 734. The van der Waals surface area contributed by atoms with Crippen LogP contribution in [0.2, 0.25) is 0 Å². The molecule has 0 aliphatic rings. The molecule has 0 saturated carbocycles. The van der Waals surface area contributed by atoms with Crippen molar-refractivity contribution in [2.75, 3.05) is 20.7 Å². The molecule has 2 rings (SSSR count). The van der Waals surface area contributed by atoms with Gasteiger partial charge in [0.05, 0.1) is 12.7 Å². The van der Waals surface area contributed by atoms with Crippen LogP contribution >= 0.6 is 24.0 Å². The first-order valence-electron chi connectivity index (χ1n) is 8.16. The molecule has 27 heavy (non-hydrogen) atoms. The van der Waals surface area contributed by atoms with Crippen molar-refractivity contribution >= 4 is 29.9 Å². The van der Waals surface area contributed by atoms with Gasteiger partial charge in [-0.25, -0.2) is 0 Å². The van der Waals surface area contributed by atoms with Gasteiger partial charge < -0.3 is 15.4 Å². The predicted octanol–water partition coefficient (Wildman–Crippen LogP) is 4.24. The van der Waals surface area contributed by atoms with Crippen LogP contribution in [0.5, 0.6) is 5.75 Å². The van der Waals surface area contributed by atoms with E-state index < -0.39 is 11.7 Å². The molecule has 0 aromatic heterocycles. The third-order valence-corrected chi connectivity index (χ3v) is 3.85. The summed E-state index contributed by atoms with van der Waals surface area (Å²) in [6.45, 7) is 1.10. The van der Waals surface area contributed by atoms with E-state index in [1.165, 1.54) is 12.1 Å². The van der Waals surface area contributed by atoms with E-state index in [-0.39, 0.29) is 24.0 Å². The second-order valence-corrected chi connectivity index (χ2v) is 5.61. The Morgan fingerprint density at radius 3 is 2.30 bits per heavy atom. The van der Waals surface area contributed by atoms with Gasteiger partial charge >= 0.3 is 6.18 Å². The van der Waals surface area contributed by atoms with Gasteiger partial charge in [-0.3, -0.25) is 4.99 Å². The first kappa shape index (κ1) is 23.1. The Morgan fingerprint density at radius 2 is 1.70 bits per heavy atom. The molecule has 0 radical (unpaired) electrons. The SMILES string of the molecule is CN=C(NCCc1ccc(C(F)(F)F)cc1)NCc1ccccc1OC.I. The van der Waals surface area contributed by atoms with E-state index in [1.807, 2.05) is 24.3 Å². The van der Waals surface area contributed by atoms with E-state index in [0.717, 1.165) is 29.0 Å². The summed E-state index contributed by atoms with van der Waals surface area (Å²) in [7, 11) is 3.28. The number of methoxy groups -OCH3 is 1. The van der Waals surface area contributed by atoms with Crippen LogP contribution in [0.4, 0.5) is 13.2 Å². The van der Waals surface area contributed by atoms with E-state index >= 15 is 0 Å². The lowest BCUT2D eigenvalue weighted by Crippen LogP contribution is -2.37. The fraction of sp³-hybridized carbons (Fsp3) is 0.316. The van der Waals surface area contributed by atoms with E-state index in [0.29, 0.717) is 25.5 Å². The summed E-state index contributed by atoms with van der Waals surface area (Å²) < 4.78 is 43.0. The third kappa shape index (κ3) is 7.28. The number of benzene rings is 2. The smallest absolute Gasteiger partial charge is 0.416 e. The molecule has 0 aliphatic heterocycles. The quantitative estimate of drug-likeness (QED) is 0.360. The van der Waals surface area contributed by atoms with E-state index in [1.54, 1.807) is 14.2 Å². The lowest BCUT2D eigenvalue weighted by Gasteiger charge is -2.14. The van der Waals surface area contributed by atoms with Gasteiger partial charge in [0.15, 0.2) is 5.96 Å². The lowest BCUT2D eigenvalue weighted by atomic mass is 10.1. The molecule has 0 heterocycles. The molecule has 0 atom stereocenters. The average Bonchev–Trinajstić information content (AvgIpc) is 2.64. The highest BCUT2D eigenvalue weighted by Crippen LogP contribution is 2.29. The maximum atomic E-state index is 12.6. The van der Waals surface area contributed by atoms with Crippen molar-refractivity contribution < 1.29 is 17.9 Å². The van der Waals surface area contributed by atoms with Crippen molar-refractivity contribution in [3.8, 4) is 5.75 Å². The summed E-state index contributed by atoms with van der Waals surface area (Å²) in [5.41, 5.74) is 1.19. The molecular formula is C19H23F3IN3O. The van der Waals surface area contributed by atoms with Crippen LogP contribution in [-0.4, -0.2) is 26.7 Å². The molecule has 0 bridgehead atoms. The third-order valence-electron chi connectivity index (χ3n) is 3.85. The highest BCUT2D eigenvalue weighted by Gasteiger charge is 2.29. The van der Waals surface area contributed by atoms with Crippen LogP contribution in [0.1, 0.15) is 16.7 Å². The number of nitrogens with zero attached hydrogens (tertiary/aromatic N) is 1. The minimum Gasteiger partial charge on any atom is -0.496 e. The van der Waals surface area contributed by atoms with Gasteiger partial charge in [-0.2, -0.15) is 13.2 Å². The molecule has 0 spiro atoms. The van der Waals surface area contributed by atoms with Crippen LogP contribution in [0.3, 0.4) is 0 Å². The number of halogens is 4. The first-order chi connectivity index (χ1) is 12.4. The summed E-state index contributed by atoms with van der Waals surface area (Å²) >= 11 is 0. The predicted molar refractivity (Wildman–Crippen MR) is 112 cm³/mol. The zero-order valence-corrected chi connectivity index (χ0v) is 17.5. The number of hydrogen-bond donors (Lipinski definition) is 2. The van der Waals surface area contributed by atoms with Gasteiger partial charge in [-0.05, 0) is 30.2 Å². The Morgan fingerprint density at radius 1 is 1.04 bits per heavy atom. The Balaban J connectivity index is 0.00000364. The van der Waals surface area contributed by atoms with Crippen LogP contribution in [0.25, 0.3) is 0 Å². The van der Waals surface area contributed by atoms with Gasteiger partial charge in [0, 0.05) is 25.7 Å². The molecule has 8 heteroatoms. The summed E-state index contributed by atoms with van der Waals surface area (Å²) in [5, 5.41) is 6.33. The van der Waals surface area contributed by atoms with Crippen molar-refractivity contribution in [3.05, 3.63) is 65.2 Å². The molecule has 0 saturated heterocycles. The van der Waals surface area contributed by atoms with Gasteiger partial charge in [-0.1, -0.05) is 30.3 Å². The van der Waals surface area contributed by atoms with Gasteiger partial charge in [0.1, 0.15) is 5.75 Å². The van der Waals surface area contributed by atoms with Crippen LogP contribution in [-0.2, 0) is 19.1 Å². The van der Waals surface area contributed by atoms with Gasteiger partial charge in [0.2, 0.25) is 0 Å². The van der Waals surface area contributed by atoms with Crippen LogP contribution < -0.4 is 15.4 Å². The lowest BCUT2D eigenvalue weighted by molar-refractivity contribution is -0.137. The minimum atomic E-state index is -4.30. The maximum Gasteiger partial charge on any atom is 0.416 e. The molecule has 0 aliphatic carbocycles. The topological polar surface area (TPSA) is 45.7 Å². The normalized spacial score (nSPS) is 11.5. The van der Waals surface area contributed by atoms with Crippen molar-refractivity contribution in [2.45, 2.75) is 19.1 Å². The highest BCUT2D eigenvalue weighted by molar-refractivity contribution is 14.0. The standard InChI is InChI=1S/C19H22F3N3O.HI/c1-23-18(25-13-15-5-3-4-6-17(15)26-2)24-12-11-14-7-9-16(10-8-14)19(20,21)22;/h3-10H,11-13H2,1-2H3,(H2,23,24,25);1H. The number of guanidine groups is 1. The Hall–Kier alpha value is -1.97. The van der Waals surface area contributed by atoms with Crippen molar-refractivity contribution in [1.82, 2.24) is 10.6 Å². The fourth-order valence-electron chi connectivity index (χ4n) is 2.43. The Labute approximate surface area is 174 Å². The Kier molecular flexibility index (Phi) is 9.40. The number of hydrogen-bond acceptors (Lipinski definition) is 2. The molecule has 0 unspecified atom stereocenters. The number of nitrogens with one attached hydrogen (secondary N) is 2. The van der Waals surface area contributed by atoms with Gasteiger partial charge in [0.25, 0.3) is 0 Å². The number of ether oxygens (including phenoxy) is 1. The monoisotopic (exact) mass is 493 g/mol. The number of rotatable bonds is 6. The summed E-state index contributed by atoms with van der Waals surface area (Å²) in [4.78, 5) is 4.14. The van der Waals surface area contributed by atoms with E-state index in [4.69, 9.17) is 4.74 Å². The van der Waals surface area contributed by atoms with Crippen LogP contribution in [0.15, 0.2) is 53.5 Å². The summed E-state index contributed by atoms with van der Waals surface area (Å²) in [6.07, 6.45) is -3.71. The molecule has 2 N–H and O–H groups in total. The first-order valence-corrected chi connectivity index (χ1v) is 8.16. The summed E-state index contributed by atoms with van der Waals surface area (Å²) in [5.74, 6) is 1.41. The molecule has 0 fully saturated rings. The molecule has 2 aromatic carbocycles. The van der Waals surface area contributed by atoms with Crippen molar-refractivity contribution in [2.24, 2.45) is 4.99 Å². The second kappa shape index (κ2) is 11.0. The van der Waals surface area contributed by atoms with Crippen LogP contribution in [0, 0.1) is 0 Å². The van der Waals surface area contributed by atoms with E-state index in [9.17, 15) is 13.2 Å². The average molecular weight is 493 g/mol. The zero-order valence-electron chi connectivity index (χ0n) is 15.1. The number of alkyl halides is 3. The fourth-order valence-corrected chi connectivity index (χ4v) is 2.43. The van der Waals surface area contributed by atoms with E-state index in [2.05, 4.69) is 15.6 Å². The van der Waals surface area contributed by atoms with Crippen molar-refractivity contribution in [1.29, 1.82) is 0 Å². The molecule has 148 valence electrons. The summed E-state index contributed by atoms with van der Waals surface area (Å²) in [6, 6.07) is 12.9. The molecule has 4 nitrogen and oxygen atoms in total. The molecular weight excluding hydrogens is 470 g/mol. The van der Waals surface area contributed by atoms with Crippen molar-refractivity contribution in [3.63, 3.8) is 0 Å². The largest absolute Gasteiger partial charge is 0.496 e. The molecule has 2 aromatic rings. The second-order valence-electron chi connectivity index (χ2n) is 5.61. The number of para-hydroxylation sites is 1. The molecule has 0 amide bonds. The minimum absolute atomic E-state index is 0. The van der Waals surface area contributed by atoms with Gasteiger partial charge in [-0.15, -0.1) is 24.0 Å². The maximum absolute atomic E-state index is 12.6. The highest BCUT2D eigenvalue weighted by atomic mass is 127. The number of aliphatic imine (C=N–C) groups is 1.